The lowest BCUT2D eigenvalue weighted by molar-refractivity contribution is -0.122. The Labute approximate surface area is 157 Å². The van der Waals surface area contributed by atoms with Gasteiger partial charge in [0.25, 0.3) is 0 Å². The van der Waals surface area contributed by atoms with Crippen molar-refractivity contribution in [1.82, 2.24) is 9.80 Å². The summed E-state index contributed by atoms with van der Waals surface area (Å²) in [7, 11) is 0. The molecular weight excluding hydrogens is 332 g/mol. The van der Waals surface area contributed by atoms with Crippen molar-refractivity contribution in [2.24, 2.45) is 11.8 Å². The summed E-state index contributed by atoms with van der Waals surface area (Å²) in [6.45, 7) is 9.83. The van der Waals surface area contributed by atoms with Gasteiger partial charge >= 0.3 is 0 Å². The summed E-state index contributed by atoms with van der Waals surface area (Å²) in [6.07, 6.45) is 5.43. The first-order chi connectivity index (χ1) is 12.7. The van der Waals surface area contributed by atoms with Crippen LogP contribution in [-0.2, 0) is 19.1 Å². The SMILES string of the molecule is O=C1CCN(CC2CCOC2)CC1.O=C1CCN(CC2CCOC2)CC1. The number of Topliss-reactive ketones (excluding diaryl/α,β-unsaturated/α-hetero) is 2. The molecule has 6 heteroatoms. The predicted molar refractivity (Wildman–Crippen MR) is 99.2 cm³/mol. The fraction of sp³-hybridized carbons (Fsp3) is 0.900. The van der Waals surface area contributed by atoms with Crippen LogP contribution in [0.15, 0.2) is 0 Å². The molecule has 0 bridgehead atoms. The molecule has 6 nitrogen and oxygen atoms in total. The minimum absolute atomic E-state index is 0.430. The lowest BCUT2D eigenvalue weighted by Crippen LogP contribution is -2.37. The van der Waals surface area contributed by atoms with Gasteiger partial charge in [-0.1, -0.05) is 0 Å². The van der Waals surface area contributed by atoms with Gasteiger partial charge in [-0.15, -0.1) is 0 Å². The first kappa shape index (κ1) is 19.9. The zero-order valence-electron chi connectivity index (χ0n) is 16.0. The highest BCUT2D eigenvalue weighted by Crippen LogP contribution is 2.17. The van der Waals surface area contributed by atoms with Crippen LogP contribution in [0.1, 0.15) is 38.5 Å². The molecule has 4 fully saturated rings. The second-order valence-corrected chi connectivity index (χ2v) is 8.14. The van der Waals surface area contributed by atoms with Crippen LogP contribution >= 0.6 is 0 Å². The van der Waals surface area contributed by atoms with E-state index in [0.29, 0.717) is 23.4 Å². The molecule has 0 aromatic carbocycles. The van der Waals surface area contributed by atoms with Gasteiger partial charge in [0.1, 0.15) is 11.6 Å². The molecule has 2 atom stereocenters. The Morgan fingerprint density at radius 1 is 0.692 bits per heavy atom. The molecule has 4 heterocycles. The molecule has 4 rings (SSSR count). The van der Waals surface area contributed by atoms with E-state index in [4.69, 9.17) is 9.47 Å². The summed E-state index contributed by atoms with van der Waals surface area (Å²) < 4.78 is 10.7. The Morgan fingerprint density at radius 2 is 1.08 bits per heavy atom. The quantitative estimate of drug-likeness (QED) is 0.749. The average molecular weight is 367 g/mol. The largest absolute Gasteiger partial charge is 0.381 e. The van der Waals surface area contributed by atoms with Crippen molar-refractivity contribution >= 4 is 11.6 Å². The van der Waals surface area contributed by atoms with Gasteiger partial charge in [-0.2, -0.15) is 0 Å². The highest BCUT2D eigenvalue weighted by atomic mass is 16.5. The van der Waals surface area contributed by atoms with Gasteiger partial charge in [0.05, 0.1) is 13.2 Å². The van der Waals surface area contributed by atoms with Crippen LogP contribution in [0.25, 0.3) is 0 Å². The van der Waals surface area contributed by atoms with Gasteiger partial charge < -0.3 is 19.3 Å². The highest BCUT2D eigenvalue weighted by Gasteiger charge is 2.23. The zero-order chi connectivity index (χ0) is 18.2. The van der Waals surface area contributed by atoms with Crippen LogP contribution in [0.5, 0.6) is 0 Å². The number of ether oxygens (including phenoxy) is 2. The Bertz CT molecular complexity index is 397. The minimum atomic E-state index is 0.430. The Kier molecular flexibility index (Phi) is 8.05. The second-order valence-electron chi connectivity index (χ2n) is 8.14. The second kappa shape index (κ2) is 10.5. The van der Waals surface area contributed by atoms with Gasteiger partial charge in [0, 0.05) is 78.2 Å². The van der Waals surface area contributed by atoms with Crippen LogP contribution in [0, 0.1) is 11.8 Å². The van der Waals surface area contributed by atoms with Crippen molar-refractivity contribution in [3.8, 4) is 0 Å². The number of hydrogen-bond donors (Lipinski definition) is 0. The summed E-state index contributed by atoms with van der Waals surface area (Å²) in [5, 5.41) is 0. The number of likely N-dealkylation sites (tertiary alicyclic amines) is 2. The predicted octanol–water partition coefficient (Wildman–Crippen LogP) is 1.38. The molecule has 0 N–H and O–H groups in total. The van der Waals surface area contributed by atoms with Crippen molar-refractivity contribution in [2.45, 2.75) is 38.5 Å². The number of piperidine rings is 2. The van der Waals surface area contributed by atoms with E-state index >= 15 is 0 Å². The standard InChI is InChI=1S/2C10H17NO2/c2*12-10-1-4-11(5-2-10)7-9-3-6-13-8-9/h2*9H,1-8H2. The van der Waals surface area contributed by atoms with E-state index in [1.165, 1.54) is 12.8 Å². The molecule has 26 heavy (non-hydrogen) atoms. The number of nitrogens with zero attached hydrogens (tertiary/aromatic N) is 2. The van der Waals surface area contributed by atoms with E-state index in [0.717, 1.165) is 91.4 Å². The Morgan fingerprint density at radius 3 is 1.38 bits per heavy atom. The monoisotopic (exact) mass is 366 g/mol. The highest BCUT2D eigenvalue weighted by molar-refractivity contribution is 5.79. The topological polar surface area (TPSA) is 59.1 Å². The van der Waals surface area contributed by atoms with Crippen LogP contribution in [-0.4, -0.2) is 87.1 Å². The maximum absolute atomic E-state index is 11.0. The summed E-state index contributed by atoms with van der Waals surface area (Å²) >= 11 is 0. The zero-order valence-corrected chi connectivity index (χ0v) is 16.0. The van der Waals surface area contributed by atoms with Crippen molar-refractivity contribution in [1.29, 1.82) is 0 Å². The van der Waals surface area contributed by atoms with Crippen molar-refractivity contribution in [2.75, 3.05) is 65.7 Å². The van der Waals surface area contributed by atoms with E-state index in [-0.39, 0.29) is 0 Å². The number of ketones is 2. The molecule has 2 unspecified atom stereocenters. The molecule has 0 saturated carbocycles. The average Bonchev–Trinajstić information content (AvgIpc) is 3.34. The van der Waals surface area contributed by atoms with Gasteiger partial charge in [-0.3, -0.25) is 9.59 Å². The van der Waals surface area contributed by atoms with Crippen molar-refractivity contribution in [3.05, 3.63) is 0 Å². The van der Waals surface area contributed by atoms with Crippen molar-refractivity contribution in [3.63, 3.8) is 0 Å². The number of carbonyl (C=O) groups excluding carboxylic acids is 2. The molecule has 0 radical (unpaired) electrons. The van der Waals surface area contributed by atoms with Gasteiger partial charge in [0.15, 0.2) is 0 Å². The minimum Gasteiger partial charge on any atom is -0.381 e. The Balaban J connectivity index is 0.000000151. The number of hydrogen-bond acceptors (Lipinski definition) is 6. The molecule has 148 valence electrons. The maximum Gasteiger partial charge on any atom is 0.135 e. The summed E-state index contributed by atoms with van der Waals surface area (Å²) in [5.74, 6) is 2.29. The fourth-order valence-corrected chi connectivity index (χ4v) is 4.15. The maximum atomic E-state index is 11.0. The van der Waals surface area contributed by atoms with Crippen LogP contribution < -0.4 is 0 Å². The smallest absolute Gasteiger partial charge is 0.135 e. The molecule has 0 aromatic rings. The first-order valence-electron chi connectivity index (χ1n) is 10.3. The number of rotatable bonds is 4. The molecule has 0 aliphatic carbocycles. The van der Waals surface area contributed by atoms with Crippen LogP contribution in [0.3, 0.4) is 0 Å². The summed E-state index contributed by atoms with van der Waals surface area (Å²) in [5.41, 5.74) is 0. The third-order valence-electron chi connectivity index (χ3n) is 5.91. The van der Waals surface area contributed by atoms with Crippen LogP contribution in [0.2, 0.25) is 0 Å². The van der Waals surface area contributed by atoms with E-state index in [1.54, 1.807) is 0 Å². The lowest BCUT2D eigenvalue weighted by atomic mass is 10.1. The molecule has 0 spiro atoms. The summed E-state index contributed by atoms with van der Waals surface area (Å²) in [4.78, 5) is 26.8. The molecule has 4 saturated heterocycles. The third kappa shape index (κ3) is 6.72. The fourth-order valence-electron chi connectivity index (χ4n) is 4.15. The van der Waals surface area contributed by atoms with E-state index in [2.05, 4.69) is 9.80 Å². The Hall–Kier alpha value is -0.820. The molecule has 0 amide bonds. The number of carbonyl (C=O) groups is 2. The lowest BCUT2D eigenvalue weighted by Gasteiger charge is -2.27. The molecule has 0 aromatic heterocycles. The van der Waals surface area contributed by atoms with Gasteiger partial charge in [-0.25, -0.2) is 0 Å². The van der Waals surface area contributed by atoms with E-state index in [9.17, 15) is 9.59 Å². The van der Waals surface area contributed by atoms with Gasteiger partial charge in [-0.05, 0) is 24.7 Å². The summed E-state index contributed by atoms with van der Waals surface area (Å²) in [6, 6.07) is 0. The van der Waals surface area contributed by atoms with Gasteiger partial charge in [0.2, 0.25) is 0 Å². The molecule has 4 aliphatic rings. The van der Waals surface area contributed by atoms with Crippen LogP contribution in [0.4, 0.5) is 0 Å². The normalized spacial score (nSPS) is 31.1. The third-order valence-corrected chi connectivity index (χ3v) is 5.91. The molecule has 4 aliphatic heterocycles. The van der Waals surface area contributed by atoms with E-state index in [1.807, 2.05) is 0 Å². The van der Waals surface area contributed by atoms with E-state index < -0.39 is 0 Å². The first-order valence-corrected chi connectivity index (χ1v) is 10.3. The van der Waals surface area contributed by atoms with Crippen molar-refractivity contribution < 1.29 is 19.1 Å². The molecular formula is C20H34N2O4.